The molecule has 0 aliphatic carbocycles. The van der Waals surface area contributed by atoms with Crippen LogP contribution in [-0.2, 0) is 0 Å². The third-order valence-electron chi connectivity index (χ3n) is 1.97. The molecule has 1 atom stereocenters. The van der Waals surface area contributed by atoms with E-state index in [1.54, 1.807) is 17.8 Å². The van der Waals surface area contributed by atoms with Gasteiger partial charge in [-0.3, -0.25) is 10.1 Å². The summed E-state index contributed by atoms with van der Waals surface area (Å²) in [4.78, 5) is 13.9. The lowest BCUT2D eigenvalue weighted by Crippen LogP contribution is -2.00. The van der Waals surface area contributed by atoms with Gasteiger partial charge in [0.15, 0.2) is 0 Å². The van der Waals surface area contributed by atoms with Crippen molar-refractivity contribution in [2.45, 2.75) is 30.5 Å². The van der Waals surface area contributed by atoms with Gasteiger partial charge in [-0.1, -0.05) is 13.8 Å². The van der Waals surface area contributed by atoms with Crippen molar-refractivity contribution in [3.63, 3.8) is 0 Å². The molecule has 0 bridgehead atoms. The lowest BCUT2D eigenvalue weighted by molar-refractivity contribution is -0.384. The Kier molecular flexibility index (Phi) is 3.90. The van der Waals surface area contributed by atoms with Gasteiger partial charge < -0.3 is 5.73 Å². The van der Waals surface area contributed by atoms with Crippen molar-refractivity contribution in [3.8, 4) is 0 Å². The van der Waals surface area contributed by atoms with Gasteiger partial charge in [0.25, 0.3) is 0 Å². The second-order valence-electron chi connectivity index (χ2n) is 3.15. The van der Waals surface area contributed by atoms with Crippen molar-refractivity contribution in [2.75, 3.05) is 5.73 Å². The van der Waals surface area contributed by atoms with Crippen LogP contribution in [0.2, 0.25) is 0 Å². The smallest absolute Gasteiger partial charge is 0.311 e. The van der Waals surface area contributed by atoms with Crippen LogP contribution >= 0.6 is 11.8 Å². The molecule has 6 heteroatoms. The second-order valence-corrected chi connectivity index (χ2v) is 4.61. The molecule has 82 valence electrons. The first-order chi connectivity index (χ1) is 7.04. The molecule has 1 rings (SSSR count). The van der Waals surface area contributed by atoms with E-state index in [4.69, 9.17) is 5.73 Å². The Morgan fingerprint density at radius 3 is 2.80 bits per heavy atom. The Bertz CT molecular complexity index is 370. The number of anilines is 1. The molecule has 0 radical (unpaired) electrons. The summed E-state index contributed by atoms with van der Waals surface area (Å²) in [6.07, 6.45) is 1.02. The van der Waals surface area contributed by atoms with Gasteiger partial charge in [-0.25, -0.2) is 4.98 Å². The first kappa shape index (κ1) is 11.8. The number of aromatic nitrogens is 1. The van der Waals surface area contributed by atoms with Crippen molar-refractivity contribution < 1.29 is 4.92 Å². The molecule has 1 aromatic rings. The van der Waals surface area contributed by atoms with Crippen molar-refractivity contribution in [2.24, 2.45) is 0 Å². The predicted octanol–water partition coefficient (Wildman–Crippen LogP) is 2.46. The number of hydrogen-bond donors (Lipinski definition) is 1. The summed E-state index contributed by atoms with van der Waals surface area (Å²) in [6.45, 7) is 4.15. The van der Waals surface area contributed by atoms with Gasteiger partial charge in [0.1, 0.15) is 0 Å². The number of nitro groups is 1. The summed E-state index contributed by atoms with van der Waals surface area (Å²) in [7, 11) is 0. The zero-order valence-corrected chi connectivity index (χ0v) is 9.45. The predicted molar refractivity (Wildman–Crippen MR) is 60.9 cm³/mol. The average molecular weight is 227 g/mol. The fourth-order valence-electron chi connectivity index (χ4n) is 0.958. The highest BCUT2D eigenvalue weighted by molar-refractivity contribution is 7.99. The molecule has 0 saturated carbocycles. The molecule has 0 aliphatic rings. The van der Waals surface area contributed by atoms with E-state index >= 15 is 0 Å². The van der Waals surface area contributed by atoms with E-state index in [-0.39, 0.29) is 11.5 Å². The Balaban J connectivity index is 2.87. The van der Waals surface area contributed by atoms with Crippen molar-refractivity contribution >= 4 is 23.3 Å². The molecule has 1 heterocycles. The van der Waals surface area contributed by atoms with Crippen LogP contribution in [0.25, 0.3) is 0 Å². The molecule has 0 aliphatic heterocycles. The summed E-state index contributed by atoms with van der Waals surface area (Å²) in [5, 5.41) is 11.6. The number of nitrogen functional groups attached to an aromatic ring is 1. The lowest BCUT2D eigenvalue weighted by Gasteiger charge is -2.07. The number of hydrogen-bond acceptors (Lipinski definition) is 5. The molecule has 1 unspecified atom stereocenters. The number of pyridine rings is 1. The SMILES string of the molecule is CCC(C)Sc1ccc([N+](=O)[O-])c(N)n1. The van der Waals surface area contributed by atoms with E-state index in [9.17, 15) is 10.1 Å². The summed E-state index contributed by atoms with van der Waals surface area (Å²) in [5.41, 5.74) is 5.34. The molecular formula is C9H13N3O2S. The lowest BCUT2D eigenvalue weighted by atomic mass is 10.4. The fraction of sp³-hybridized carbons (Fsp3) is 0.444. The van der Waals surface area contributed by atoms with Gasteiger partial charge in [-0.2, -0.15) is 0 Å². The van der Waals surface area contributed by atoms with E-state index < -0.39 is 4.92 Å². The zero-order valence-electron chi connectivity index (χ0n) is 8.64. The topological polar surface area (TPSA) is 82.0 Å². The Morgan fingerprint density at radius 2 is 2.33 bits per heavy atom. The van der Waals surface area contributed by atoms with Crippen LogP contribution in [0.3, 0.4) is 0 Å². The van der Waals surface area contributed by atoms with Gasteiger partial charge >= 0.3 is 5.69 Å². The molecule has 2 N–H and O–H groups in total. The largest absolute Gasteiger partial charge is 0.378 e. The summed E-state index contributed by atoms with van der Waals surface area (Å²) in [5.74, 6) is -0.0201. The quantitative estimate of drug-likeness (QED) is 0.485. The van der Waals surface area contributed by atoms with Crippen molar-refractivity contribution in [1.29, 1.82) is 0 Å². The number of nitrogens with zero attached hydrogens (tertiary/aromatic N) is 2. The van der Waals surface area contributed by atoms with Crippen molar-refractivity contribution in [1.82, 2.24) is 4.98 Å². The van der Waals surface area contributed by atoms with Crippen LogP contribution in [0.1, 0.15) is 20.3 Å². The van der Waals surface area contributed by atoms with E-state index in [1.807, 2.05) is 0 Å². The molecule has 0 amide bonds. The summed E-state index contributed by atoms with van der Waals surface area (Å²) >= 11 is 1.56. The van der Waals surface area contributed by atoms with Crippen LogP contribution < -0.4 is 5.73 Å². The van der Waals surface area contributed by atoms with Gasteiger partial charge in [0.2, 0.25) is 5.82 Å². The van der Waals surface area contributed by atoms with Crippen LogP contribution in [-0.4, -0.2) is 15.2 Å². The molecule has 15 heavy (non-hydrogen) atoms. The van der Waals surface area contributed by atoms with Crippen LogP contribution in [0.5, 0.6) is 0 Å². The third kappa shape index (κ3) is 3.09. The number of rotatable bonds is 4. The average Bonchev–Trinajstić information content (AvgIpc) is 2.17. The zero-order chi connectivity index (χ0) is 11.4. The molecule has 0 fully saturated rings. The van der Waals surface area contributed by atoms with Crippen LogP contribution in [0, 0.1) is 10.1 Å². The van der Waals surface area contributed by atoms with Gasteiger partial charge in [0, 0.05) is 11.3 Å². The molecule has 1 aromatic heterocycles. The maximum atomic E-state index is 10.5. The first-order valence-electron chi connectivity index (χ1n) is 4.62. The minimum atomic E-state index is -0.528. The molecule has 5 nitrogen and oxygen atoms in total. The van der Waals surface area contributed by atoms with Crippen LogP contribution in [0.4, 0.5) is 11.5 Å². The monoisotopic (exact) mass is 227 g/mol. The van der Waals surface area contributed by atoms with E-state index in [0.717, 1.165) is 11.4 Å². The first-order valence-corrected chi connectivity index (χ1v) is 5.50. The molecular weight excluding hydrogens is 214 g/mol. The highest BCUT2D eigenvalue weighted by Gasteiger charge is 2.13. The van der Waals surface area contributed by atoms with E-state index in [0.29, 0.717) is 5.25 Å². The number of nitrogens with two attached hydrogens (primary N) is 1. The highest BCUT2D eigenvalue weighted by Crippen LogP contribution is 2.27. The van der Waals surface area contributed by atoms with Gasteiger partial charge in [0.05, 0.1) is 9.95 Å². The van der Waals surface area contributed by atoms with Gasteiger partial charge in [-0.05, 0) is 12.5 Å². The Hall–Kier alpha value is -1.30. The maximum absolute atomic E-state index is 10.5. The van der Waals surface area contributed by atoms with Crippen LogP contribution in [0.15, 0.2) is 17.2 Å². The van der Waals surface area contributed by atoms with Gasteiger partial charge in [-0.15, -0.1) is 11.8 Å². The minimum absolute atomic E-state index is 0.0201. The Morgan fingerprint density at radius 1 is 1.67 bits per heavy atom. The summed E-state index contributed by atoms with van der Waals surface area (Å²) < 4.78 is 0. The highest BCUT2D eigenvalue weighted by atomic mass is 32.2. The van der Waals surface area contributed by atoms with E-state index in [1.165, 1.54) is 6.07 Å². The second kappa shape index (κ2) is 4.97. The fourth-order valence-corrected chi connectivity index (χ4v) is 1.83. The third-order valence-corrected chi connectivity index (χ3v) is 3.17. The molecule has 0 spiro atoms. The minimum Gasteiger partial charge on any atom is -0.378 e. The normalized spacial score (nSPS) is 12.4. The maximum Gasteiger partial charge on any atom is 0.311 e. The Labute approximate surface area is 92.2 Å². The molecule has 0 saturated heterocycles. The summed E-state index contributed by atoms with van der Waals surface area (Å²) in [6, 6.07) is 3.03. The van der Waals surface area contributed by atoms with E-state index in [2.05, 4.69) is 18.8 Å². The van der Waals surface area contributed by atoms with Crippen molar-refractivity contribution in [3.05, 3.63) is 22.2 Å². The molecule has 0 aromatic carbocycles. The number of thioether (sulfide) groups is 1. The standard InChI is InChI=1S/C9H13N3O2S/c1-3-6(2)15-8-5-4-7(12(13)14)9(10)11-8/h4-6H,3H2,1-2H3,(H2,10,11).